The zero-order chi connectivity index (χ0) is 17.1. The number of carbonyl (C=O) groups excluding carboxylic acids is 1. The number of carboxylic acids is 1. The lowest BCUT2D eigenvalue weighted by atomic mass is 10.1. The van der Waals surface area contributed by atoms with Crippen LogP contribution < -0.4 is 0 Å². The van der Waals surface area contributed by atoms with Crippen molar-refractivity contribution in [2.24, 2.45) is 5.92 Å². The number of carboxylic acid groups (broad SMARTS) is 1. The van der Waals surface area contributed by atoms with Crippen molar-refractivity contribution in [3.05, 3.63) is 35.0 Å². The molecule has 1 aromatic heterocycles. The highest BCUT2D eigenvalue weighted by molar-refractivity contribution is 5.99. The average Bonchev–Trinajstić information content (AvgIpc) is 2.86. The normalized spacial score (nSPS) is 11.2. The fourth-order valence-corrected chi connectivity index (χ4v) is 2.83. The maximum atomic E-state index is 12.8. The molecular weight excluding hydrogens is 292 g/mol. The van der Waals surface area contributed by atoms with Crippen LogP contribution in [0.5, 0.6) is 0 Å². The van der Waals surface area contributed by atoms with Crippen molar-refractivity contribution in [1.82, 2.24) is 9.88 Å². The Balaban J connectivity index is 2.31. The highest BCUT2D eigenvalue weighted by Crippen LogP contribution is 2.22. The summed E-state index contributed by atoms with van der Waals surface area (Å²) in [6.45, 7) is 8.83. The Labute approximate surface area is 136 Å². The van der Waals surface area contributed by atoms with Gasteiger partial charge in [0.05, 0.1) is 6.42 Å². The molecule has 0 aliphatic heterocycles. The van der Waals surface area contributed by atoms with E-state index in [1.54, 1.807) is 4.90 Å². The van der Waals surface area contributed by atoms with Gasteiger partial charge < -0.3 is 15.0 Å². The molecule has 23 heavy (non-hydrogen) atoms. The SMILES string of the molecule is Cc1cc(C)c2cc(C(=O)N(CCC(=O)O)CC(C)C)[nH]c2c1. The third-order valence-corrected chi connectivity index (χ3v) is 3.79. The standard InChI is InChI=1S/C18H24N2O3/c1-11(2)10-20(6-5-17(21)22)18(23)16-9-14-13(4)7-12(3)8-15(14)19-16/h7-9,11,19H,5-6,10H2,1-4H3,(H,21,22). The number of rotatable bonds is 6. The number of benzene rings is 1. The van der Waals surface area contributed by atoms with Crippen LogP contribution in [0.4, 0.5) is 0 Å². The Kier molecular flexibility index (Phi) is 5.08. The van der Waals surface area contributed by atoms with Gasteiger partial charge in [-0.15, -0.1) is 0 Å². The molecule has 1 amide bonds. The van der Waals surface area contributed by atoms with Gasteiger partial charge in [0.15, 0.2) is 0 Å². The zero-order valence-corrected chi connectivity index (χ0v) is 14.1. The lowest BCUT2D eigenvalue weighted by molar-refractivity contribution is -0.137. The van der Waals surface area contributed by atoms with E-state index in [1.165, 1.54) is 0 Å². The second-order valence-corrected chi connectivity index (χ2v) is 6.51. The monoisotopic (exact) mass is 316 g/mol. The Morgan fingerprint density at radius 3 is 2.52 bits per heavy atom. The molecule has 0 unspecified atom stereocenters. The molecule has 0 bridgehead atoms. The number of hydrogen-bond donors (Lipinski definition) is 2. The summed E-state index contributed by atoms with van der Waals surface area (Å²) in [4.78, 5) is 28.4. The number of hydrogen-bond acceptors (Lipinski definition) is 2. The quantitative estimate of drug-likeness (QED) is 0.858. The van der Waals surface area contributed by atoms with Crippen LogP contribution in [0.1, 0.15) is 41.9 Å². The van der Waals surface area contributed by atoms with Crippen molar-refractivity contribution in [2.75, 3.05) is 13.1 Å². The molecule has 0 fully saturated rings. The van der Waals surface area contributed by atoms with Gasteiger partial charge in [-0.3, -0.25) is 9.59 Å². The van der Waals surface area contributed by atoms with Gasteiger partial charge in [0.25, 0.3) is 5.91 Å². The Morgan fingerprint density at radius 1 is 1.22 bits per heavy atom. The number of carbonyl (C=O) groups is 2. The average molecular weight is 316 g/mol. The Bertz CT molecular complexity index is 731. The van der Waals surface area contributed by atoms with E-state index in [0.29, 0.717) is 12.2 Å². The largest absolute Gasteiger partial charge is 0.481 e. The van der Waals surface area contributed by atoms with Gasteiger partial charge in [-0.2, -0.15) is 0 Å². The summed E-state index contributed by atoms with van der Waals surface area (Å²) in [7, 11) is 0. The molecule has 2 aromatic rings. The van der Waals surface area contributed by atoms with Crippen molar-refractivity contribution in [3.63, 3.8) is 0 Å². The highest BCUT2D eigenvalue weighted by atomic mass is 16.4. The molecule has 0 aliphatic carbocycles. The smallest absolute Gasteiger partial charge is 0.305 e. The van der Waals surface area contributed by atoms with E-state index in [2.05, 4.69) is 11.1 Å². The fraction of sp³-hybridized carbons (Fsp3) is 0.444. The number of amides is 1. The summed E-state index contributed by atoms with van der Waals surface area (Å²) >= 11 is 0. The van der Waals surface area contributed by atoms with E-state index in [1.807, 2.05) is 39.8 Å². The number of aryl methyl sites for hydroxylation is 2. The van der Waals surface area contributed by atoms with Gasteiger partial charge in [-0.05, 0) is 43.0 Å². The first-order chi connectivity index (χ1) is 10.8. The lowest BCUT2D eigenvalue weighted by Crippen LogP contribution is -2.36. The second-order valence-electron chi connectivity index (χ2n) is 6.51. The second kappa shape index (κ2) is 6.86. The van der Waals surface area contributed by atoms with E-state index in [4.69, 9.17) is 5.11 Å². The maximum absolute atomic E-state index is 12.8. The van der Waals surface area contributed by atoms with E-state index in [9.17, 15) is 9.59 Å². The van der Waals surface area contributed by atoms with Crippen LogP contribution in [0, 0.1) is 19.8 Å². The molecule has 0 aliphatic rings. The zero-order valence-electron chi connectivity index (χ0n) is 14.1. The van der Waals surface area contributed by atoms with Gasteiger partial charge in [-0.25, -0.2) is 0 Å². The van der Waals surface area contributed by atoms with Crippen molar-refractivity contribution < 1.29 is 14.7 Å². The summed E-state index contributed by atoms with van der Waals surface area (Å²) in [5.74, 6) is -0.760. The molecule has 0 spiro atoms. The first kappa shape index (κ1) is 17.1. The summed E-state index contributed by atoms with van der Waals surface area (Å²) in [5.41, 5.74) is 3.71. The third kappa shape index (κ3) is 4.12. The van der Waals surface area contributed by atoms with E-state index < -0.39 is 5.97 Å². The molecule has 5 heteroatoms. The molecule has 0 saturated heterocycles. The number of aromatic amines is 1. The summed E-state index contributed by atoms with van der Waals surface area (Å²) in [6.07, 6.45) is -0.0448. The lowest BCUT2D eigenvalue weighted by Gasteiger charge is -2.23. The summed E-state index contributed by atoms with van der Waals surface area (Å²) in [5, 5.41) is 9.91. The molecule has 1 heterocycles. The van der Waals surface area contributed by atoms with Crippen molar-refractivity contribution in [1.29, 1.82) is 0 Å². The molecular formula is C18H24N2O3. The topological polar surface area (TPSA) is 73.4 Å². The van der Waals surface area contributed by atoms with E-state index in [0.717, 1.165) is 22.0 Å². The van der Waals surface area contributed by atoms with Crippen molar-refractivity contribution in [2.45, 2.75) is 34.1 Å². The van der Waals surface area contributed by atoms with Crippen LogP contribution >= 0.6 is 0 Å². The summed E-state index contributed by atoms with van der Waals surface area (Å²) in [6, 6.07) is 5.96. The predicted molar refractivity (Wildman–Crippen MR) is 90.8 cm³/mol. The van der Waals surface area contributed by atoms with Crippen LogP contribution in [0.25, 0.3) is 10.9 Å². The predicted octanol–water partition coefficient (Wildman–Crippen LogP) is 3.36. The van der Waals surface area contributed by atoms with Gasteiger partial charge in [-0.1, -0.05) is 19.9 Å². The van der Waals surface area contributed by atoms with Crippen LogP contribution in [0.2, 0.25) is 0 Å². The van der Waals surface area contributed by atoms with E-state index >= 15 is 0 Å². The van der Waals surface area contributed by atoms with Crippen LogP contribution in [-0.4, -0.2) is 40.0 Å². The number of aromatic nitrogens is 1. The number of fused-ring (bicyclic) bond motifs is 1. The molecule has 0 saturated carbocycles. The molecule has 0 radical (unpaired) electrons. The highest BCUT2D eigenvalue weighted by Gasteiger charge is 2.20. The number of nitrogens with zero attached hydrogens (tertiary/aromatic N) is 1. The van der Waals surface area contributed by atoms with Gasteiger partial charge >= 0.3 is 5.97 Å². The minimum absolute atomic E-state index is 0.0448. The van der Waals surface area contributed by atoms with Crippen LogP contribution in [0.3, 0.4) is 0 Å². The minimum Gasteiger partial charge on any atom is -0.481 e. The molecule has 2 rings (SSSR count). The molecule has 0 atom stereocenters. The molecule has 124 valence electrons. The minimum atomic E-state index is -0.894. The Morgan fingerprint density at radius 2 is 1.91 bits per heavy atom. The first-order valence-electron chi connectivity index (χ1n) is 7.89. The number of nitrogens with one attached hydrogen (secondary N) is 1. The Hall–Kier alpha value is -2.30. The third-order valence-electron chi connectivity index (χ3n) is 3.79. The summed E-state index contributed by atoms with van der Waals surface area (Å²) < 4.78 is 0. The first-order valence-corrected chi connectivity index (χ1v) is 7.89. The van der Waals surface area contributed by atoms with Crippen molar-refractivity contribution >= 4 is 22.8 Å². The van der Waals surface area contributed by atoms with Crippen molar-refractivity contribution in [3.8, 4) is 0 Å². The molecule has 1 aromatic carbocycles. The van der Waals surface area contributed by atoms with Crippen LogP contribution in [-0.2, 0) is 4.79 Å². The maximum Gasteiger partial charge on any atom is 0.305 e. The number of H-pyrrole nitrogens is 1. The number of aliphatic carboxylic acids is 1. The van der Waals surface area contributed by atoms with Gasteiger partial charge in [0.1, 0.15) is 5.69 Å². The molecule has 2 N–H and O–H groups in total. The van der Waals surface area contributed by atoms with Crippen LogP contribution in [0.15, 0.2) is 18.2 Å². The van der Waals surface area contributed by atoms with E-state index in [-0.39, 0.29) is 24.8 Å². The fourth-order valence-electron chi connectivity index (χ4n) is 2.83. The van der Waals surface area contributed by atoms with Gasteiger partial charge in [0, 0.05) is 24.0 Å². The molecule has 5 nitrogen and oxygen atoms in total. The van der Waals surface area contributed by atoms with Gasteiger partial charge in [0.2, 0.25) is 0 Å².